The molecule has 1 aliphatic rings. The third-order valence-electron chi connectivity index (χ3n) is 3.76. The summed E-state index contributed by atoms with van der Waals surface area (Å²) in [4.78, 5) is 29.6. The maximum Gasteiger partial charge on any atom is 0.239 e. The lowest BCUT2D eigenvalue weighted by Gasteiger charge is -2.14. The van der Waals surface area contributed by atoms with E-state index in [0.717, 1.165) is 0 Å². The van der Waals surface area contributed by atoms with Gasteiger partial charge in [0, 0.05) is 11.3 Å². The van der Waals surface area contributed by atoms with E-state index >= 15 is 0 Å². The largest absolute Gasteiger partial charge is 0.432 e. The lowest BCUT2D eigenvalue weighted by molar-refractivity contribution is 0.0964. The van der Waals surface area contributed by atoms with E-state index in [1.807, 2.05) is 36.4 Å². The molecule has 0 amide bonds. The number of nitrogens with zero attached hydrogens (tertiary/aromatic N) is 1. The van der Waals surface area contributed by atoms with Crippen LogP contribution < -0.4 is 5.32 Å². The monoisotopic (exact) mass is 394 g/mol. The van der Waals surface area contributed by atoms with Crippen molar-refractivity contribution in [2.45, 2.75) is 0 Å². The molecular weight excluding hydrogens is 384 g/mol. The minimum atomic E-state index is -0.414. The molecule has 6 heteroatoms. The lowest BCUT2D eigenvalue weighted by Crippen LogP contribution is -2.23. The second-order valence-corrected chi connectivity index (χ2v) is 6.19. The van der Waals surface area contributed by atoms with Gasteiger partial charge in [-0.3, -0.25) is 9.59 Å². The number of fused-ring (bicyclic) bond motifs is 1. The number of benzene rings is 2. The molecule has 1 aliphatic carbocycles. The van der Waals surface area contributed by atoms with Crippen molar-refractivity contribution in [3.63, 3.8) is 0 Å². The van der Waals surface area contributed by atoms with Crippen LogP contribution in [0.15, 0.2) is 75.3 Å². The first kappa shape index (κ1) is 15.5. The minimum Gasteiger partial charge on any atom is -0.432 e. The molecule has 1 heterocycles. The first-order valence-electron chi connectivity index (χ1n) is 7.52. The van der Waals surface area contributed by atoms with Gasteiger partial charge in [-0.15, -0.1) is 0 Å². The number of allylic oxidation sites excluding steroid dienone is 2. The zero-order valence-corrected chi connectivity index (χ0v) is 14.4. The number of nitrogens with one attached hydrogen (secondary N) is 1. The second-order valence-electron chi connectivity index (χ2n) is 5.40. The fraction of sp³-hybridized carbons (Fsp3) is 0. The van der Waals surface area contributed by atoms with Crippen molar-refractivity contribution in [3.8, 4) is 11.5 Å². The van der Waals surface area contributed by atoms with Crippen molar-refractivity contribution in [2.24, 2.45) is 0 Å². The normalized spacial score (nSPS) is 13.8. The number of carbonyl (C=O) groups is 2. The highest BCUT2D eigenvalue weighted by atomic mass is 79.9. The highest BCUT2D eigenvalue weighted by molar-refractivity contribution is 9.12. The number of carbonyl (C=O) groups excluding carboxylic acids is 2. The predicted molar refractivity (Wildman–Crippen MR) is 96.6 cm³/mol. The van der Waals surface area contributed by atoms with Gasteiger partial charge in [-0.05, 0) is 40.2 Å². The average molecular weight is 395 g/mol. The number of oxazole rings is 1. The average Bonchev–Trinajstić information content (AvgIpc) is 3.11. The lowest BCUT2D eigenvalue weighted by atomic mass is 10.0. The summed E-state index contributed by atoms with van der Waals surface area (Å²) < 4.78 is 5.70. The molecule has 0 radical (unpaired) electrons. The van der Waals surface area contributed by atoms with Crippen molar-refractivity contribution in [1.82, 2.24) is 4.98 Å². The standard InChI is InChI=1S/C19H11BrN2O3/c20-13-14(21-12-9-5-2-6-10-12)17(24)15-18(16(13)23)25-19(22-15)11-7-3-1-4-8-11/h1-10,21H. The van der Waals surface area contributed by atoms with Crippen molar-refractivity contribution < 1.29 is 14.0 Å². The van der Waals surface area contributed by atoms with Crippen molar-refractivity contribution in [2.75, 3.05) is 5.32 Å². The van der Waals surface area contributed by atoms with Crippen LogP contribution >= 0.6 is 15.9 Å². The number of para-hydroxylation sites is 1. The molecule has 2 aromatic carbocycles. The summed E-state index contributed by atoms with van der Waals surface area (Å²) in [7, 11) is 0. The molecule has 0 saturated heterocycles. The van der Waals surface area contributed by atoms with Gasteiger partial charge in [0.15, 0.2) is 5.69 Å². The van der Waals surface area contributed by atoms with E-state index in [9.17, 15) is 9.59 Å². The summed E-state index contributed by atoms with van der Waals surface area (Å²) in [5, 5.41) is 2.98. The molecule has 0 bridgehead atoms. The van der Waals surface area contributed by atoms with E-state index in [1.54, 1.807) is 24.3 Å². The molecule has 5 nitrogen and oxygen atoms in total. The Kier molecular flexibility index (Phi) is 3.82. The molecule has 1 N–H and O–H groups in total. The Bertz CT molecular complexity index is 1010. The molecule has 0 unspecified atom stereocenters. The number of rotatable bonds is 3. The Hall–Kier alpha value is -2.99. The van der Waals surface area contributed by atoms with Gasteiger partial charge >= 0.3 is 0 Å². The van der Waals surface area contributed by atoms with Crippen molar-refractivity contribution >= 4 is 33.2 Å². The molecule has 0 fully saturated rings. The summed E-state index contributed by atoms with van der Waals surface area (Å²) in [6.07, 6.45) is 0. The van der Waals surface area contributed by atoms with Gasteiger partial charge in [-0.25, -0.2) is 4.98 Å². The van der Waals surface area contributed by atoms with Crippen LogP contribution in [0.4, 0.5) is 5.69 Å². The van der Waals surface area contributed by atoms with Crippen LogP contribution in [-0.4, -0.2) is 16.6 Å². The smallest absolute Gasteiger partial charge is 0.239 e. The number of Topliss-reactive ketones (excluding diaryl/α,β-unsaturated/α-hetero) is 2. The number of ketones is 2. The van der Waals surface area contributed by atoms with Crippen molar-refractivity contribution in [1.29, 1.82) is 0 Å². The molecule has 25 heavy (non-hydrogen) atoms. The first-order chi connectivity index (χ1) is 12.1. The second kappa shape index (κ2) is 6.14. The molecule has 122 valence electrons. The van der Waals surface area contributed by atoms with Crippen LogP contribution in [0.25, 0.3) is 11.5 Å². The maximum atomic E-state index is 12.8. The van der Waals surface area contributed by atoms with E-state index in [-0.39, 0.29) is 27.5 Å². The Labute approximate surface area is 151 Å². The zero-order valence-electron chi connectivity index (χ0n) is 12.8. The van der Waals surface area contributed by atoms with Gasteiger partial charge in [-0.1, -0.05) is 36.4 Å². The highest BCUT2D eigenvalue weighted by Gasteiger charge is 2.37. The van der Waals surface area contributed by atoms with Crippen LogP contribution in [-0.2, 0) is 0 Å². The summed E-state index contributed by atoms with van der Waals surface area (Å²) >= 11 is 3.21. The SMILES string of the molecule is O=C1C(Nc2ccccc2)=C(Br)C(=O)c2oc(-c3ccccc3)nc21. The molecule has 0 aliphatic heterocycles. The highest BCUT2D eigenvalue weighted by Crippen LogP contribution is 2.33. The third kappa shape index (κ3) is 2.70. The van der Waals surface area contributed by atoms with E-state index in [2.05, 4.69) is 26.2 Å². The van der Waals surface area contributed by atoms with Gasteiger partial charge < -0.3 is 9.73 Å². The van der Waals surface area contributed by atoms with Crippen LogP contribution in [0.5, 0.6) is 0 Å². The molecule has 0 atom stereocenters. The number of hydrogen-bond acceptors (Lipinski definition) is 5. The van der Waals surface area contributed by atoms with Crippen LogP contribution in [0.3, 0.4) is 0 Å². The molecule has 0 spiro atoms. The molecular formula is C19H11BrN2O3. The molecule has 3 aromatic rings. The first-order valence-corrected chi connectivity index (χ1v) is 8.32. The van der Waals surface area contributed by atoms with Crippen molar-refractivity contribution in [3.05, 3.63) is 82.3 Å². The quantitative estimate of drug-likeness (QED) is 0.710. The van der Waals surface area contributed by atoms with Crippen LogP contribution in [0.1, 0.15) is 21.0 Å². The Morgan fingerprint density at radius 2 is 1.52 bits per heavy atom. The Morgan fingerprint density at radius 3 is 2.20 bits per heavy atom. The van der Waals surface area contributed by atoms with Gasteiger partial charge in [-0.2, -0.15) is 0 Å². The fourth-order valence-electron chi connectivity index (χ4n) is 2.54. The number of hydrogen-bond donors (Lipinski definition) is 1. The van der Waals surface area contributed by atoms with Gasteiger partial charge in [0.05, 0.1) is 4.48 Å². The Balaban J connectivity index is 1.75. The number of aromatic nitrogens is 1. The van der Waals surface area contributed by atoms with E-state index in [1.165, 1.54) is 0 Å². The summed E-state index contributed by atoms with van der Waals surface area (Å²) in [6, 6.07) is 18.3. The van der Waals surface area contributed by atoms with Crippen LogP contribution in [0, 0.1) is 0 Å². The zero-order chi connectivity index (χ0) is 17.4. The minimum absolute atomic E-state index is 0.0190. The van der Waals surface area contributed by atoms with E-state index in [0.29, 0.717) is 11.3 Å². The third-order valence-corrected chi connectivity index (χ3v) is 4.51. The summed E-state index contributed by atoms with van der Waals surface area (Å²) in [6.45, 7) is 0. The molecule has 0 saturated carbocycles. The van der Waals surface area contributed by atoms with Gasteiger partial charge in [0.1, 0.15) is 5.70 Å². The summed E-state index contributed by atoms with van der Waals surface area (Å²) in [5.74, 6) is -0.609. The number of halogens is 1. The molecule has 4 rings (SSSR count). The molecule has 1 aromatic heterocycles. The summed E-state index contributed by atoms with van der Waals surface area (Å²) in [5.41, 5.74) is 1.57. The Morgan fingerprint density at radius 1 is 0.880 bits per heavy atom. The van der Waals surface area contributed by atoms with Gasteiger partial charge in [0.2, 0.25) is 23.2 Å². The van der Waals surface area contributed by atoms with E-state index < -0.39 is 11.6 Å². The maximum absolute atomic E-state index is 12.8. The van der Waals surface area contributed by atoms with Crippen LogP contribution in [0.2, 0.25) is 0 Å². The fourth-order valence-corrected chi connectivity index (χ4v) is 3.00. The van der Waals surface area contributed by atoms with E-state index in [4.69, 9.17) is 4.42 Å². The predicted octanol–water partition coefficient (Wildman–Crippen LogP) is 4.44. The number of anilines is 1. The van der Waals surface area contributed by atoms with Gasteiger partial charge in [0.25, 0.3) is 0 Å². The topological polar surface area (TPSA) is 72.2 Å².